The fourth-order valence-electron chi connectivity index (χ4n) is 2.07. The van der Waals surface area contributed by atoms with Gasteiger partial charge in [-0.25, -0.2) is 13.1 Å². The van der Waals surface area contributed by atoms with Gasteiger partial charge in [-0.2, -0.15) is 8.78 Å². The van der Waals surface area contributed by atoms with Gasteiger partial charge in [0.15, 0.2) is 15.7 Å². The average molecular weight is 347 g/mol. The van der Waals surface area contributed by atoms with Crippen LogP contribution in [0.15, 0.2) is 10.6 Å². The first kappa shape index (κ1) is 16.0. The Hall–Kier alpha value is -1.91. The van der Waals surface area contributed by atoms with Gasteiger partial charge in [0.05, 0.1) is 11.4 Å². The zero-order valence-electron chi connectivity index (χ0n) is 12.3. The van der Waals surface area contributed by atoms with Gasteiger partial charge < -0.3 is 4.52 Å². The minimum absolute atomic E-state index is 0.0669. The molecule has 1 fully saturated rings. The van der Waals surface area contributed by atoms with Gasteiger partial charge in [-0.15, -0.1) is 5.10 Å². The van der Waals surface area contributed by atoms with E-state index in [1.165, 1.54) is 4.68 Å². The fraction of sp³-hybridized carbons (Fsp3) is 0.667. The molecule has 126 valence electrons. The quantitative estimate of drug-likeness (QED) is 0.743. The van der Waals surface area contributed by atoms with Crippen molar-refractivity contribution in [2.45, 2.75) is 43.7 Å². The van der Waals surface area contributed by atoms with E-state index in [1.807, 2.05) is 0 Å². The van der Waals surface area contributed by atoms with Crippen LogP contribution in [-0.2, 0) is 33.8 Å². The fourth-order valence-corrected chi connectivity index (χ4v) is 3.36. The van der Waals surface area contributed by atoms with Gasteiger partial charge in [-0.05, 0) is 29.2 Å². The Bertz CT molecular complexity index is 792. The summed E-state index contributed by atoms with van der Waals surface area (Å²) in [5.41, 5.74) is -0.0669. The van der Waals surface area contributed by atoms with E-state index in [9.17, 15) is 17.2 Å². The molecule has 0 radical (unpaired) electrons. The van der Waals surface area contributed by atoms with E-state index in [0.717, 1.165) is 18.9 Å². The molecule has 0 amide bonds. The number of tetrazole rings is 1. The predicted molar refractivity (Wildman–Crippen MR) is 72.9 cm³/mol. The molecule has 0 atom stereocenters. The summed E-state index contributed by atoms with van der Waals surface area (Å²) in [6, 6.07) is 0.949. The van der Waals surface area contributed by atoms with Gasteiger partial charge in [0.1, 0.15) is 5.75 Å². The van der Waals surface area contributed by atoms with Crippen LogP contribution in [0.25, 0.3) is 0 Å². The Morgan fingerprint density at radius 1 is 1.39 bits per heavy atom. The first-order chi connectivity index (χ1) is 10.7. The standard InChI is InChI=1S/C12H15F2N5O3S/c1-12(13,14)10-4-9(16-22-10)6-23(20,21)7-11-15-17-18-19(11)5-8-2-3-8/h4,8H,2-3,5-7H2,1H3. The zero-order chi connectivity index (χ0) is 16.7. The predicted octanol–water partition coefficient (Wildman–Crippen LogP) is 1.30. The summed E-state index contributed by atoms with van der Waals surface area (Å²) in [6.45, 7) is 1.24. The Labute approximate surface area is 130 Å². The third-order valence-electron chi connectivity index (χ3n) is 3.44. The molecule has 0 unspecified atom stereocenters. The lowest BCUT2D eigenvalue weighted by atomic mass is 10.3. The second-order valence-corrected chi connectivity index (χ2v) is 7.89. The van der Waals surface area contributed by atoms with Gasteiger partial charge >= 0.3 is 5.92 Å². The van der Waals surface area contributed by atoms with E-state index in [-0.39, 0.29) is 17.3 Å². The number of sulfone groups is 1. The number of rotatable bonds is 7. The SMILES string of the molecule is CC(F)(F)c1cc(CS(=O)(=O)Cc2nnnn2CC2CC2)no1. The summed E-state index contributed by atoms with van der Waals surface area (Å²) in [5.74, 6) is -4.03. The summed E-state index contributed by atoms with van der Waals surface area (Å²) in [6.07, 6.45) is 2.16. The van der Waals surface area contributed by atoms with Gasteiger partial charge in [-0.1, -0.05) is 5.16 Å². The third kappa shape index (κ3) is 4.09. The molecule has 2 aromatic rings. The first-order valence-electron chi connectivity index (χ1n) is 7.02. The van der Waals surface area contributed by atoms with Gasteiger partial charge in [0.25, 0.3) is 0 Å². The Balaban J connectivity index is 1.69. The number of alkyl halides is 2. The monoisotopic (exact) mass is 347 g/mol. The number of hydrogen-bond acceptors (Lipinski definition) is 7. The van der Waals surface area contributed by atoms with Crippen molar-refractivity contribution < 1.29 is 21.7 Å². The lowest BCUT2D eigenvalue weighted by Crippen LogP contribution is -2.14. The molecular weight excluding hydrogens is 332 g/mol. The summed E-state index contributed by atoms with van der Waals surface area (Å²) < 4.78 is 56.5. The Morgan fingerprint density at radius 2 is 2.13 bits per heavy atom. The zero-order valence-corrected chi connectivity index (χ0v) is 13.1. The van der Waals surface area contributed by atoms with Crippen LogP contribution >= 0.6 is 0 Å². The second-order valence-electron chi connectivity index (χ2n) is 5.82. The van der Waals surface area contributed by atoms with Crippen molar-refractivity contribution in [2.75, 3.05) is 0 Å². The maximum Gasteiger partial charge on any atom is 0.304 e. The van der Waals surface area contributed by atoms with Crippen LogP contribution in [-0.4, -0.2) is 33.8 Å². The highest BCUT2D eigenvalue weighted by Crippen LogP contribution is 2.30. The lowest BCUT2D eigenvalue weighted by Gasteiger charge is -2.04. The minimum atomic E-state index is -3.66. The average Bonchev–Trinajstić information content (AvgIpc) is 2.92. The third-order valence-corrected chi connectivity index (χ3v) is 4.88. The number of aromatic nitrogens is 5. The molecule has 3 rings (SSSR count). The van der Waals surface area contributed by atoms with Gasteiger partial charge in [-0.3, -0.25) is 0 Å². The van der Waals surface area contributed by atoms with Crippen molar-refractivity contribution >= 4 is 9.84 Å². The number of nitrogens with zero attached hydrogens (tertiary/aromatic N) is 5. The molecule has 1 aliphatic rings. The molecule has 0 aliphatic heterocycles. The van der Waals surface area contributed by atoms with Crippen LogP contribution in [0.4, 0.5) is 8.78 Å². The van der Waals surface area contributed by atoms with Crippen molar-refractivity contribution in [3.63, 3.8) is 0 Å². The maximum atomic E-state index is 13.1. The van der Waals surface area contributed by atoms with E-state index >= 15 is 0 Å². The minimum Gasteiger partial charge on any atom is -0.355 e. The Morgan fingerprint density at radius 3 is 2.74 bits per heavy atom. The highest BCUT2D eigenvalue weighted by Gasteiger charge is 2.31. The largest absolute Gasteiger partial charge is 0.355 e. The molecule has 11 heteroatoms. The van der Waals surface area contributed by atoms with Crippen molar-refractivity contribution in [1.82, 2.24) is 25.4 Å². The molecule has 2 aromatic heterocycles. The van der Waals surface area contributed by atoms with E-state index in [4.69, 9.17) is 0 Å². The molecular formula is C12H15F2N5O3S. The van der Waals surface area contributed by atoms with E-state index in [0.29, 0.717) is 19.4 Å². The molecule has 8 nitrogen and oxygen atoms in total. The first-order valence-corrected chi connectivity index (χ1v) is 8.84. The van der Waals surface area contributed by atoms with Crippen molar-refractivity contribution in [2.24, 2.45) is 5.92 Å². The molecule has 0 N–H and O–H groups in total. The van der Waals surface area contributed by atoms with E-state index in [2.05, 4.69) is 25.2 Å². The Kier molecular flexibility index (Phi) is 3.90. The summed E-state index contributed by atoms with van der Waals surface area (Å²) in [7, 11) is -3.66. The van der Waals surface area contributed by atoms with E-state index < -0.39 is 27.3 Å². The lowest BCUT2D eigenvalue weighted by molar-refractivity contribution is -0.0105. The van der Waals surface area contributed by atoms with Crippen LogP contribution in [0.3, 0.4) is 0 Å². The highest BCUT2D eigenvalue weighted by molar-refractivity contribution is 7.89. The molecule has 0 spiro atoms. The van der Waals surface area contributed by atoms with Gasteiger partial charge in [0, 0.05) is 19.5 Å². The normalized spacial score (nSPS) is 16.0. The molecule has 0 saturated heterocycles. The van der Waals surface area contributed by atoms with Crippen LogP contribution in [0.2, 0.25) is 0 Å². The van der Waals surface area contributed by atoms with Crippen LogP contribution in [0.5, 0.6) is 0 Å². The summed E-state index contributed by atoms with van der Waals surface area (Å²) >= 11 is 0. The van der Waals surface area contributed by atoms with Crippen molar-refractivity contribution in [3.8, 4) is 0 Å². The summed E-state index contributed by atoms with van der Waals surface area (Å²) in [5, 5.41) is 14.4. The smallest absolute Gasteiger partial charge is 0.304 e. The second kappa shape index (κ2) is 5.62. The number of halogens is 2. The highest BCUT2D eigenvalue weighted by atomic mass is 32.2. The van der Waals surface area contributed by atoms with Crippen LogP contribution < -0.4 is 0 Å². The van der Waals surface area contributed by atoms with Crippen LogP contribution in [0, 0.1) is 5.92 Å². The molecule has 23 heavy (non-hydrogen) atoms. The van der Waals surface area contributed by atoms with Gasteiger partial charge in [0.2, 0.25) is 5.76 Å². The van der Waals surface area contributed by atoms with Crippen molar-refractivity contribution in [1.29, 1.82) is 0 Å². The molecule has 1 aliphatic carbocycles. The van der Waals surface area contributed by atoms with E-state index in [1.54, 1.807) is 0 Å². The van der Waals surface area contributed by atoms with Crippen LogP contribution in [0.1, 0.15) is 37.0 Å². The molecule has 2 heterocycles. The van der Waals surface area contributed by atoms with Crippen molar-refractivity contribution in [3.05, 3.63) is 23.3 Å². The topological polar surface area (TPSA) is 104 Å². The summed E-state index contributed by atoms with van der Waals surface area (Å²) in [4.78, 5) is 0. The number of hydrogen-bond donors (Lipinski definition) is 0. The molecule has 1 saturated carbocycles. The maximum absolute atomic E-state index is 13.1. The molecule has 0 aromatic carbocycles. The molecule has 0 bridgehead atoms.